The molecule has 0 unspecified atom stereocenters. The standard InChI is InChI=1S/C18H22ClN3O3/c19-16-6-4-5-14(11-16)8-10-21-13-15(12-20)18(25)22-9-3-1-2-7-17(23)24/h4-6,11,13,21H,1-3,7-10H2,(H,22,25)(H,23,24)/b15-13-. The Morgan fingerprint density at radius 1 is 1.24 bits per heavy atom. The maximum atomic E-state index is 11.9. The van der Waals surface area contributed by atoms with Crippen LogP contribution in [0.25, 0.3) is 0 Å². The zero-order valence-electron chi connectivity index (χ0n) is 13.9. The monoisotopic (exact) mass is 363 g/mol. The molecule has 7 heteroatoms. The van der Waals surface area contributed by atoms with Crippen LogP contribution in [0.4, 0.5) is 0 Å². The van der Waals surface area contributed by atoms with Crippen molar-refractivity contribution in [2.45, 2.75) is 32.1 Å². The number of unbranched alkanes of at least 4 members (excludes halogenated alkanes) is 2. The van der Waals surface area contributed by atoms with Gasteiger partial charge in [0, 0.05) is 30.7 Å². The van der Waals surface area contributed by atoms with Crippen molar-refractivity contribution in [1.82, 2.24) is 10.6 Å². The van der Waals surface area contributed by atoms with Gasteiger partial charge < -0.3 is 15.7 Å². The van der Waals surface area contributed by atoms with E-state index in [-0.39, 0.29) is 12.0 Å². The predicted octanol–water partition coefficient (Wildman–Crippen LogP) is 2.64. The summed E-state index contributed by atoms with van der Waals surface area (Å²) < 4.78 is 0. The van der Waals surface area contributed by atoms with Crippen LogP contribution in [0.3, 0.4) is 0 Å². The van der Waals surface area contributed by atoms with Crippen molar-refractivity contribution >= 4 is 23.5 Å². The van der Waals surface area contributed by atoms with Gasteiger partial charge in [0.2, 0.25) is 0 Å². The van der Waals surface area contributed by atoms with Crippen molar-refractivity contribution in [3.63, 3.8) is 0 Å². The molecule has 0 aliphatic carbocycles. The molecule has 0 radical (unpaired) electrons. The number of rotatable bonds is 11. The lowest BCUT2D eigenvalue weighted by molar-refractivity contribution is -0.137. The van der Waals surface area contributed by atoms with Crippen LogP contribution >= 0.6 is 11.6 Å². The van der Waals surface area contributed by atoms with Gasteiger partial charge in [0.05, 0.1) is 0 Å². The number of amides is 1. The van der Waals surface area contributed by atoms with E-state index in [9.17, 15) is 9.59 Å². The summed E-state index contributed by atoms with van der Waals surface area (Å²) in [5.74, 6) is -1.25. The van der Waals surface area contributed by atoms with Gasteiger partial charge in [0.15, 0.2) is 0 Å². The fourth-order valence-corrected chi connectivity index (χ4v) is 2.32. The first-order chi connectivity index (χ1) is 12.0. The molecule has 3 N–H and O–H groups in total. The van der Waals surface area contributed by atoms with Crippen molar-refractivity contribution in [3.8, 4) is 6.07 Å². The topological polar surface area (TPSA) is 102 Å². The molecular weight excluding hydrogens is 342 g/mol. The summed E-state index contributed by atoms with van der Waals surface area (Å²) in [5, 5.41) is 23.9. The molecule has 0 aliphatic heterocycles. The molecule has 1 aromatic carbocycles. The van der Waals surface area contributed by atoms with Crippen LogP contribution in [0.5, 0.6) is 0 Å². The van der Waals surface area contributed by atoms with Crippen LogP contribution in [0.1, 0.15) is 31.2 Å². The Kier molecular flexibility index (Phi) is 9.79. The lowest BCUT2D eigenvalue weighted by Gasteiger charge is -2.05. The van der Waals surface area contributed by atoms with E-state index in [1.54, 1.807) is 6.07 Å². The largest absolute Gasteiger partial charge is 0.481 e. The van der Waals surface area contributed by atoms with Crippen LogP contribution in [0.2, 0.25) is 5.02 Å². The van der Waals surface area contributed by atoms with Gasteiger partial charge in [-0.15, -0.1) is 0 Å². The third-order valence-corrected chi connectivity index (χ3v) is 3.65. The molecule has 0 heterocycles. The highest BCUT2D eigenvalue weighted by molar-refractivity contribution is 6.30. The molecule has 1 rings (SSSR count). The van der Waals surface area contributed by atoms with Crippen LogP contribution in [0, 0.1) is 11.3 Å². The second kappa shape index (κ2) is 11.9. The second-order valence-electron chi connectivity index (χ2n) is 5.46. The van der Waals surface area contributed by atoms with E-state index >= 15 is 0 Å². The molecule has 0 saturated heterocycles. The van der Waals surface area contributed by atoms with Gasteiger partial charge in [-0.2, -0.15) is 5.26 Å². The molecule has 0 saturated carbocycles. The van der Waals surface area contributed by atoms with Gasteiger partial charge >= 0.3 is 5.97 Å². The number of carbonyl (C=O) groups is 2. The maximum absolute atomic E-state index is 11.9. The average molecular weight is 364 g/mol. The number of halogens is 1. The molecule has 0 bridgehead atoms. The summed E-state index contributed by atoms with van der Waals surface area (Å²) >= 11 is 5.91. The summed E-state index contributed by atoms with van der Waals surface area (Å²) in [6.07, 6.45) is 4.24. The predicted molar refractivity (Wildman–Crippen MR) is 96.0 cm³/mol. The van der Waals surface area contributed by atoms with Crippen molar-refractivity contribution in [1.29, 1.82) is 5.26 Å². The van der Waals surface area contributed by atoms with Gasteiger partial charge in [0.1, 0.15) is 11.6 Å². The molecule has 1 aromatic rings. The highest BCUT2D eigenvalue weighted by atomic mass is 35.5. The van der Waals surface area contributed by atoms with E-state index in [0.717, 1.165) is 18.4 Å². The molecule has 25 heavy (non-hydrogen) atoms. The van der Waals surface area contributed by atoms with Crippen LogP contribution in [-0.4, -0.2) is 30.1 Å². The minimum absolute atomic E-state index is 0.0108. The van der Waals surface area contributed by atoms with Crippen LogP contribution in [-0.2, 0) is 16.0 Å². The Hall–Kier alpha value is -2.52. The van der Waals surface area contributed by atoms with E-state index in [2.05, 4.69) is 10.6 Å². The van der Waals surface area contributed by atoms with E-state index in [4.69, 9.17) is 22.0 Å². The van der Waals surface area contributed by atoms with Crippen LogP contribution in [0.15, 0.2) is 36.0 Å². The molecule has 0 spiro atoms. The van der Waals surface area contributed by atoms with Crippen molar-refractivity contribution < 1.29 is 14.7 Å². The Bertz CT molecular complexity index is 653. The maximum Gasteiger partial charge on any atom is 0.303 e. The second-order valence-corrected chi connectivity index (χ2v) is 5.90. The van der Waals surface area contributed by atoms with Crippen molar-refractivity contribution in [2.75, 3.05) is 13.1 Å². The minimum atomic E-state index is -0.817. The van der Waals surface area contributed by atoms with Crippen molar-refractivity contribution in [3.05, 3.63) is 46.6 Å². The molecule has 0 atom stereocenters. The summed E-state index contributed by atoms with van der Waals surface area (Å²) in [6, 6.07) is 9.37. The summed E-state index contributed by atoms with van der Waals surface area (Å²) in [5.41, 5.74) is 1.08. The minimum Gasteiger partial charge on any atom is -0.481 e. The molecule has 0 fully saturated rings. The van der Waals surface area contributed by atoms with E-state index in [1.807, 2.05) is 24.3 Å². The van der Waals surface area contributed by atoms with E-state index in [1.165, 1.54) is 6.20 Å². The number of hydrogen-bond donors (Lipinski definition) is 3. The molecule has 134 valence electrons. The Labute approximate surface area is 152 Å². The smallest absolute Gasteiger partial charge is 0.303 e. The molecule has 1 amide bonds. The summed E-state index contributed by atoms with van der Waals surface area (Å²) in [6.45, 7) is 0.994. The first kappa shape index (κ1) is 20.5. The number of carboxylic acid groups (broad SMARTS) is 1. The lowest BCUT2D eigenvalue weighted by Crippen LogP contribution is -2.27. The number of benzene rings is 1. The fraction of sp³-hybridized carbons (Fsp3) is 0.389. The Morgan fingerprint density at radius 3 is 2.72 bits per heavy atom. The van der Waals surface area contributed by atoms with Gasteiger partial charge in [-0.1, -0.05) is 30.2 Å². The molecule has 0 aromatic heterocycles. The molecular formula is C18H22ClN3O3. The molecule has 6 nitrogen and oxygen atoms in total. The number of hydrogen-bond acceptors (Lipinski definition) is 4. The summed E-state index contributed by atoms with van der Waals surface area (Å²) in [4.78, 5) is 22.2. The van der Waals surface area contributed by atoms with Gasteiger partial charge in [-0.05, 0) is 37.0 Å². The first-order valence-electron chi connectivity index (χ1n) is 8.11. The third-order valence-electron chi connectivity index (χ3n) is 3.41. The number of carbonyl (C=O) groups excluding carboxylic acids is 1. The number of nitriles is 1. The quantitative estimate of drug-likeness (QED) is 0.318. The normalized spacial score (nSPS) is 10.8. The first-order valence-corrected chi connectivity index (χ1v) is 8.49. The van der Waals surface area contributed by atoms with Gasteiger partial charge in [-0.25, -0.2) is 0 Å². The van der Waals surface area contributed by atoms with E-state index in [0.29, 0.717) is 31.0 Å². The fourth-order valence-electron chi connectivity index (χ4n) is 2.11. The number of carboxylic acids is 1. The summed E-state index contributed by atoms with van der Waals surface area (Å²) in [7, 11) is 0. The van der Waals surface area contributed by atoms with Gasteiger partial charge in [0.25, 0.3) is 5.91 Å². The highest BCUT2D eigenvalue weighted by Gasteiger charge is 2.07. The number of nitrogens with zero attached hydrogens (tertiary/aromatic N) is 1. The highest BCUT2D eigenvalue weighted by Crippen LogP contribution is 2.10. The van der Waals surface area contributed by atoms with Gasteiger partial charge in [-0.3, -0.25) is 9.59 Å². The van der Waals surface area contributed by atoms with Crippen molar-refractivity contribution in [2.24, 2.45) is 0 Å². The zero-order valence-corrected chi connectivity index (χ0v) is 14.7. The van der Waals surface area contributed by atoms with E-state index < -0.39 is 11.9 Å². The third kappa shape index (κ3) is 9.38. The zero-order chi connectivity index (χ0) is 18.5. The Balaban J connectivity index is 2.26. The average Bonchev–Trinajstić information content (AvgIpc) is 2.57. The number of aliphatic carboxylic acids is 1. The Morgan fingerprint density at radius 2 is 2.04 bits per heavy atom. The lowest BCUT2D eigenvalue weighted by atomic mass is 10.1. The van der Waals surface area contributed by atoms with Crippen LogP contribution < -0.4 is 10.6 Å². The molecule has 0 aliphatic rings. The SMILES string of the molecule is N#C/C(=C/NCCc1cccc(Cl)c1)C(=O)NCCCCCC(=O)O. The number of nitrogens with one attached hydrogen (secondary N) is 2.